The maximum atomic E-state index is 12.3. The van der Waals surface area contributed by atoms with Gasteiger partial charge in [-0.2, -0.15) is 0 Å². The van der Waals surface area contributed by atoms with E-state index in [0.29, 0.717) is 23.8 Å². The van der Waals surface area contributed by atoms with E-state index < -0.39 is 0 Å². The first kappa shape index (κ1) is 16.1. The number of carbonyl (C=O) groups excluding carboxylic acids is 1. The summed E-state index contributed by atoms with van der Waals surface area (Å²) in [5, 5.41) is 2.93. The fourth-order valence-electron chi connectivity index (χ4n) is 2.51. The highest BCUT2D eigenvalue weighted by Gasteiger charge is 2.09. The number of hydrogen-bond donors (Lipinski definition) is 2. The van der Waals surface area contributed by atoms with E-state index >= 15 is 0 Å². The Kier molecular flexibility index (Phi) is 4.51. The van der Waals surface area contributed by atoms with Crippen molar-refractivity contribution in [3.8, 4) is 5.75 Å². The predicted octanol–water partition coefficient (Wildman–Crippen LogP) is 3.62. The molecule has 0 aliphatic rings. The number of nitrogens with zero attached hydrogens (tertiary/aromatic N) is 1. The van der Waals surface area contributed by atoms with Crippen molar-refractivity contribution in [1.82, 2.24) is 15.3 Å². The SMILES string of the molecule is COc1cccc(C(=O)NCc2ccc3nc(C(C)C)[nH]c3c2)c1. The number of imidazole rings is 1. The van der Waals surface area contributed by atoms with Crippen LogP contribution in [0.5, 0.6) is 5.75 Å². The number of carbonyl (C=O) groups is 1. The molecule has 0 unspecified atom stereocenters. The van der Waals surface area contributed by atoms with Crippen LogP contribution in [0.3, 0.4) is 0 Å². The van der Waals surface area contributed by atoms with Crippen LogP contribution >= 0.6 is 0 Å². The first-order valence-electron chi connectivity index (χ1n) is 7.97. The van der Waals surface area contributed by atoms with Gasteiger partial charge in [-0.05, 0) is 35.9 Å². The smallest absolute Gasteiger partial charge is 0.251 e. The minimum Gasteiger partial charge on any atom is -0.497 e. The minimum absolute atomic E-state index is 0.124. The molecule has 124 valence electrons. The summed E-state index contributed by atoms with van der Waals surface area (Å²) in [7, 11) is 1.59. The number of ether oxygens (including phenoxy) is 1. The van der Waals surface area contributed by atoms with Crippen molar-refractivity contribution in [3.63, 3.8) is 0 Å². The number of rotatable bonds is 5. The van der Waals surface area contributed by atoms with Crippen LogP contribution in [0, 0.1) is 0 Å². The molecule has 3 aromatic rings. The summed E-state index contributed by atoms with van der Waals surface area (Å²) in [6.07, 6.45) is 0. The molecule has 0 aliphatic heterocycles. The van der Waals surface area contributed by atoms with Crippen molar-refractivity contribution >= 4 is 16.9 Å². The van der Waals surface area contributed by atoms with Gasteiger partial charge in [-0.3, -0.25) is 4.79 Å². The number of benzene rings is 2. The normalized spacial score (nSPS) is 11.0. The molecule has 24 heavy (non-hydrogen) atoms. The molecular formula is C19H21N3O2. The van der Waals surface area contributed by atoms with Gasteiger partial charge in [0.1, 0.15) is 11.6 Å². The number of aromatic nitrogens is 2. The highest BCUT2D eigenvalue weighted by atomic mass is 16.5. The maximum Gasteiger partial charge on any atom is 0.251 e. The predicted molar refractivity (Wildman–Crippen MR) is 94.3 cm³/mol. The second kappa shape index (κ2) is 6.74. The molecule has 3 rings (SSSR count). The third-order valence-corrected chi connectivity index (χ3v) is 3.90. The van der Waals surface area contributed by atoms with Crippen LogP contribution < -0.4 is 10.1 Å². The van der Waals surface area contributed by atoms with E-state index in [1.807, 2.05) is 24.3 Å². The molecular weight excluding hydrogens is 302 g/mol. The number of fused-ring (bicyclic) bond motifs is 1. The first-order chi connectivity index (χ1) is 11.6. The Hall–Kier alpha value is -2.82. The van der Waals surface area contributed by atoms with Crippen molar-refractivity contribution in [1.29, 1.82) is 0 Å². The van der Waals surface area contributed by atoms with Gasteiger partial charge >= 0.3 is 0 Å². The highest BCUT2D eigenvalue weighted by Crippen LogP contribution is 2.18. The lowest BCUT2D eigenvalue weighted by Gasteiger charge is -2.07. The average Bonchev–Trinajstić information content (AvgIpc) is 3.03. The summed E-state index contributed by atoms with van der Waals surface area (Å²) < 4.78 is 5.15. The summed E-state index contributed by atoms with van der Waals surface area (Å²) >= 11 is 0. The Labute approximate surface area is 141 Å². The zero-order valence-corrected chi connectivity index (χ0v) is 14.1. The molecule has 0 aliphatic carbocycles. The molecule has 1 aromatic heterocycles. The topological polar surface area (TPSA) is 67.0 Å². The van der Waals surface area contributed by atoms with Gasteiger partial charge in [-0.15, -0.1) is 0 Å². The molecule has 5 heteroatoms. The Morgan fingerprint density at radius 2 is 2.08 bits per heavy atom. The number of H-pyrrole nitrogens is 1. The van der Waals surface area contributed by atoms with E-state index in [1.165, 1.54) is 0 Å². The molecule has 1 amide bonds. The molecule has 2 N–H and O–H groups in total. The van der Waals surface area contributed by atoms with E-state index in [2.05, 4.69) is 29.1 Å². The zero-order valence-electron chi connectivity index (χ0n) is 14.1. The molecule has 0 radical (unpaired) electrons. The van der Waals surface area contributed by atoms with Crippen LogP contribution in [0.2, 0.25) is 0 Å². The van der Waals surface area contributed by atoms with Crippen molar-refractivity contribution in [2.75, 3.05) is 7.11 Å². The Balaban J connectivity index is 1.71. The van der Waals surface area contributed by atoms with Gasteiger partial charge in [-0.25, -0.2) is 4.98 Å². The number of amides is 1. The number of hydrogen-bond acceptors (Lipinski definition) is 3. The largest absolute Gasteiger partial charge is 0.497 e. The highest BCUT2D eigenvalue weighted by molar-refractivity contribution is 5.94. The van der Waals surface area contributed by atoms with Crippen LogP contribution in [0.4, 0.5) is 0 Å². The van der Waals surface area contributed by atoms with Crippen molar-refractivity contribution in [2.45, 2.75) is 26.3 Å². The lowest BCUT2D eigenvalue weighted by Crippen LogP contribution is -2.22. The minimum atomic E-state index is -0.124. The van der Waals surface area contributed by atoms with Gasteiger partial charge in [0.2, 0.25) is 0 Å². The third kappa shape index (κ3) is 3.40. The molecule has 0 fully saturated rings. The lowest BCUT2D eigenvalue weighted by atomic mass is 10.1. The number of nitrogens with one attached hydrogen (secondary N) is 2. The van der Waals surface area contributed by atoms with Gasteiger partial charge in [0, 0.05) is 18.0 Å². The monoisotopic (exact) mass is 323 g/mol. The van der Waals surface area contributed by atoms with Gasteiger partial charge in [0.25, 0.3) is 5.91 Å². The average molecular weight is 323 g/mol. The first-order valence-corrected chi connectivity index (χ1v) is 7.97. The number of methoxy groups -OCH3 is 1. The van der Waals surface area contributed by atoms with E-state index in [-0.39, 0.29) is 5.91 Å². The molecule has 1 heterocycles. The van der Waals surface area contributed by atoms with E-state index in [1.54, 1.807) is 25.3 Å². The number of aromatic amines is 1. The van der Waals surface area contributed by atoms with E-state index in [0.717, 1.165) is 22.4 Å². The fourth-order valence-corrected chi connectivity index (χ4v) is 2.51. The molecule has 0 bridgehead atoms. The molecule has 0 saturated carbocycles. The third-order valence-electron chi connectivity index (χ3n) is 3.90. The Morgan fingerprint density at radius 3 is 2.83 bits per heavy atom. The molecule has 0 spiro atoms. The van der Waals surface area contributed by atoms with Crippen molar-refractivity contribution < 1.29 is 9.53 Å². The molecule has 0 atom stereocenters. The summed E-state index contributed by atoms with van der Waals surface area (Å²) in [6.45, 7) is 4.67. The quantitative estimate of drug-likeness (QED) is 0.753. The van der Waals surface area contributed by atoms with Gasteiger partial charge in [0.15, 0.2) is 0 Å². The van der Waals surface area contributed by atoms with Crippen molar-refractivity contribution in [3.05, 3.63) is 59.4 Å². The van der Waals surface area contributed by atoms with E-state index in [9.17, 15) is 4.79 Å². The summed E-state index contributed by atoms with van der Waals surface area (Å²) in [4.78, 5) is 20.1. The second-order valence-electron chi connectivity index (χ2n) is 6.04. The van der Waals surface area contributed by atoms with Crippen LogP contribution in [0.25, 0.3) is 11.0 Å². The second-order valence-corrected chi connectivity index (χ2v) is 6.04. The van der Waals surface area contributed by atoms with Crippen LogP contribution in [0.1, 0.15) is 41.5 Å². The molecule has 2 aromatic carbocycles. The van der Waals surface area contributed by atoms with Crippen LogP contribution in [0.15, 0.2) is 42.5 Å². The maximum absolute atomic E-state index is 12.3. The summed E-state index contributed by atoms with van der Waals surface area (Å²) in [6, 6.07) is 13.1. The standard InChI is InChI=1S/C19H21N3O2/c1-12(2)18-21-16-8-7-13(9-17(16)22-18)11-20-19(23)14-5-4-6-15(10-14)24-3/h4-10,12H,11H2,1-3H3,(H,20,23)(H,21,22). The van der Waals surface area contributed by atoms with Gasteiger partial charge in [0.05, 0.1) is 18.1 Å². The van der Waals surface area contributed by atoms with Gasteiger partial charge < -0.3 is 15.0 Å². The fraction of sp³-hybridized carbons (Fsp3) is 0.263. The summed E-state index contributed by atoms with van der Waals surface area (Å²) in [5.41, 5.74) is 3.55. The zero-order chi connectivity index (χ0) is 17.1. The molecule has 5 nitrogen and oxygen atoms in total. The van der Waals surface area contributed by atoms with E-state index in [4.69, 9.17) is 4.74 Å². The Bertz CT molecular complexity index is 868. The van der Waals surface area contributed by atoms with Crippen LogP contribution in [-0.4, -0.2) is 23.0 Å². The van der Waals surface area contributed by atoms with Gasteiger partial charge in [-0.1, -0.05) is 26.0 Å². The van der Waals surface area contributed by atoms with Crippen molar-refractivity contribution in [2.24, 2.45) is 0 Å². The Morgan fingerprint density at radius 1 is 1.25 bits per heavy atom. The molecule has 0 saturated heterocycles. The van der Waals surface area contributed by atoms with Crippen LogP contribution in [-0.2, 0) is 6.54 Å². The summed E-state index contributed by atoms with van der Waals surface area (Å²) in [5.74, 6) is 1.88. The lowest BCUT2D eigenvalue weighted by molar-refractivity contribution is 0.0950.